The van der Waals surface area contributed by atoms with Gasteiger partial charge < -0.3 is 9.84 Å². The molecule has 0 spiro atoms. The molecule has 88 valence electrons. The predicted molar refractivity (Wildman–Crippen MR) is 64.5 cm³/mol. The quantitative estimate of drug-likeness (QED) is 0.845. The molecular weight excluding hydrogens is 200 g/mol. The van der Waals surface area contributed by atoms with Crippen LogP contribution in [0.3, 0.4) is 0 Å². The summed E-state index contributed by atoms with van der Waals surface area (Å²) in [6.45, 7) is 2.33. The molecule has 0 radical (unpaired) electrons. The number of hydrogen-bond acceptors (Lipinski definition) is 2. The van der Waals surface area contributed by atoms with Crippen molar-refractivity contribution in [2.24, 2.45) is 0 Å². The molecule has 1 aromatic carbocycles. The lowest BCUT2D eigenvalue weighted by atomic mass is 9.93. The number of ether oxygens (including phenoxy) is 1. The van der Waals surface area contributed by atoms with E-state index in [1.807, 2.05) is 18.2 Å². The van der Waals surface area contributed by atoms with Gasteiger partial charge in [0.15, 0.2) is 0 Å². The van der Waals surface area contributed by atoms with Gasteiger partial charge in [0.25, 0.3) is 0 Å². The highest BCUT2D eigenvalue weighted by atomic mass is 16.5. The summed E-state index contributed by atoms with van der Waals surface area (Å²) in [6.07, 6.45) is 3.93. The van der Waals surface area contributed by atoms with E-state index in [1.165, 1.54) is 5.56 Å². The molecule has 2 rings (SSSR count). The first kappa shape index (κ1) is 11.6. The van der Waals surface area contributed by atoms with E-state index < -0.39 is 0 Å². The van der Waals surface area contributed by atoms with E-state index in [0.717, 1.165) is 19.3 Å². The van der Waals surface area contributed by atoms with Gasteiger partial charge in [-0.25, -0.2) is 0 Å². The van der Waals surface area contributed by atoms with Crippen LogP contribution in [0.1, 0.15) is 37.7 Å². The highest BCUT2D eigenvalue weighted by Gasteiger charge is 2.25. The Morgan fingerprint density at radius 1 is 1.31 bits per heavy atom. The van der Waals surface area contributed by atoms with Crippen molar-refractivity contribution in [1.29, 1.82) is 0 Å². The van der Waals surface area contributed by atoms with Gasteiger partial charge in [0.05, 0.1) is 18.8 Å². The molecule has 1 saturated heterocycles. The van der Waals surface area contributed by atoms with Crippen LogP contribution in [0.5, 0.6) is 0 Å². The molecule has 2 nitrogen and oxygen atoms in total. The molecule has 0 saturated carbocycles. The summed E-state index contributed by atoms with van der Waals surface area (Å²) in [5.74, 6) is 0.219. The monoisotopic (exact) mass is 220 g/mol. The zero-order valence-corrected chi connectivity index (χ0v) is 9.80. The molecule has 0 bridgehead atoms. The van der Waals surface area contributed by atoms with Crippen LogP contribution in [0.2, 0.25) is 0 Å². The average Bonchev–Trinajstić information content (AvgIpc) is 2.73. The minimum Gasteiger partial charge on any atom is -0.396 e. The topological polar surface area (TPSA) is 29.5 Å². The van der Waals surface area contributed by atoms with E-state index in [1.54, 1.807) is 0 Å². The second-order valence-electron chi connectivity index (χ2n) is 4.67. The van der Waals surface area contributed by atoms with Crippen molar-refractivity contribution in [3.8, 4) is 0 Å². The summed E-state index contributed by atoms with van der Waals surface area (Å²) in [5.41, 5.74) is 1.22. The molecular formula is C14H20O2. The van der Waals surface area contributed by atoms with Gasteiger partial charge in [-0.05, 0) is 31.7 Å². The predicted octanol–water partition coefficient (Wildman–Crippen LogP) is 2.72. The number of aliphatic hydroxyl groups is 1. The summed E-state index contributed by atoms with van der Waals surface area (Å²) in [4.78, 5) is 0. The van der Waals surface area contributed by atoms with Gasteiger partial charge in [-0.1, -0.05) is 30.3 Å². The molecule has 3 unspecified atom stereocenters. The van der Waals surface area contributed by atoms with Crippen LogP contribution in [0.25, 0.3) is 0 Å². The smallest absolute Gasteiger partial charge is 0.0586 e. The highest BCUT2D eigenvalue weighted by Crippen LogP contribution is 2.29. The molecule has 3 atom stereocenters. The molecule has 0 aromatic heterocycles. The Balaban J connectivity index is 1.96. The maximum absolute atomic E-state index is 9.45. The lowest BCUT2D eigenvalue weighted by Crippen LogP contribution is -2.15. The van der Waals surface area contributed by atoms with Crippen LogP contribution in [0, 0.1) is 0 Å². The van der Waals surface area contributed by atoms with Gasteiger partial charge >= 0.3 is 0 Å². The second-order valence-corrected chi connectivity index (χ2v) is 4.67. The van der Waals surface area contributed by atoms with Gasteiger partial charge in [-0.3, -0.25) is 0 Å². The number of rotatable bonds is 4. The first-order chi connectivity index (χ1) is 7.79. The van der Waals surface area contributed by atoms with E-state index >= 15 is 0 Å². The van der Waals surface area contributed by atoms with Crippen molar-refractivity contribution >= 4 is 0 Å². The van der Waals surface area contributed by atoms with Gasteiger partial charge in [-0.2, -0.15) is 0 Å². The third kappa shape index (κ3) is 2.83. The molecule has 0 amide bonds. The van der Waals surface area contributed by atoms with Gasteiger partial charge in [-0.15, -0.1) is 0 Å². The number of hydrogen-bond donors (Lipinski definition) is 1. The fourth-order valence-electron chi connectivity index (χ4n) is 2.42. The molecule has 1 aliphatic heterocycles. The fraction of sp³-hybridized carbons (Fsp3) is 0.571. The first-order valence-corrected chi connectivity index (χ1v) is 6.11. The Hall–Kier alpha value is -0.860. The molecule has 1 N–H and O–H groups in total. The van der Waals surface area contributed by atoms with Crippen molar-refractivity contribution in [3.63, 3.8) is 0 Å². The summed E-state index contributed by atoms with van der Waals surface area (Å²) in [6, 6.07) is 10.2. The number of aliphatic hydroxyl groups excluding tert-OH is 1. The van der Waals surface area contributed by atoms with E-state index in [2.05, 4.69) is 19.1 Å². The third-order valence-corrected chi connectivity index (χ3v) is 3.36. The number of benzene rings is 1. The lowest BCUT2D eigenvalue weighted by molar-refractivity contribution is 0.0423. The highest BCUT2D eigenvalue weighted by molar-refractivity contribution is 5.19. The summed E-state index contributed by atoms with van der Waals surface area (Å²) >= 11 is 0. The van der Waals surface area contributed by atoms with Crippen LogP contribution in [-0.2, 0) is 4.74 Å². The van der Waals surface area contributed by atoms with E-state index in [-0.39, 0.29) is 12.5 Å². The SMILES string of the molecule is CC1CCC(CC(CO)c2ccccc2)O1. The van der Waals surface area contributed by atoms with Crippen molar-refractivity contribution in [2.45, 2.75) is 44.3 Å². The van der Waals surface area contributed by atoms with Crippen molar-refractivity contribution in [3.05, 3.63) is 35.9 Å². The van der Waals surface area contributed by atoms with Crippen LogP contribution in [0.4, 0.5) is 0 Å². The molecule has 1 fully saturated rings. The van der Waals surface area contributed by atoms with Gasteiger partial charge in [0, 0.05) is 5.92 Å². The zero-order chi connectivity index (χ0) is 11.4. The van der Waals surface area contributed by atoms with Crippen LogP contribution in [0.15, 0.2) is 30.3 Å². The summed E-state index contributed by atoms with van der Waals surface area (Å²) < 4.78 is 5.80. The van der Waals surface area contributed by atoms with Crippen molar-refractivity contribution in [2.75, 3.05) is 6.61 Å². The van der Waals surface area contributed by atoms with Crippen LogP contribution < -0.4 is 0 Å². The normalized spacial score (nSPS) is 26.9. The van der Waals surface area contributed by atoms with Crippen molar-refractivity contribution in [1.82, 2.24) is 0 Å². The largest absolute Gasteiger partial charge is 0.396 e. The van der Waals surface area contributed by atoms with Crippen LogP contribution >= 0.6 is 0 Å². The zero-order valence-electron chi connectivity index (χ0n) is 9.80. The standard InChI is InChI=1S/C14H20O2/c1-11-7-8-14(16-11)9-13(10-15)12-5-3-2-4-6-12/h2-6,11,13-15H,7-10H2,1H3. The molecule has 16 heavy (non-hydrogen) atoms. The van der Waals surface area contributed by atoms with E-state index in [0.29, 0.717) is 12.2 Å². The van der Waals surface area contributed by atoms with Crippen molar-refractivity contribution < 1.29 is 9.84 Å². The first-order valence-electron chi connectivity index (χ1n) is 6.11. The van der Waals surface area contributed by atoms with Gasteiger partial charge in [0.2, 0.25) is 0 Å². The maximum Gasteiger partial charge on any atom is 0.0586 e. The summed E-state index contributed by atoms with van der Waals surface area (Å²) in [5, 5.41) is 9.45. The minimum absolute atomic E-state index is 0.207. The second kappa shape index (κ2) is 5.46. The Kier molecular flexibility index (Phi) is 3.97. The Morgan fingerprint density at radius 3 is 2.62 bits per heavy atom. The fourth-order valence-corrected chi connectivity index (χ4v) is 2.42. The Morgan fingerprint density at radius 2 is 2.06 bits per heavy atom. The minimum atomic E-state index is 0.207. The maximum atomic E-state index is 9.45. The van der Waals surface area contributed by atoms with E-state index in [9.17, 15) is 5.11 Å². The lowest BCUT2D eigenvalue weighted by Gasteiger charge is -2.19. The molecule has 2 heteroatoms. The average molecular weight is 220 g/mol. The van der Waals surface area contributed by atoms with Gasteiger partial charge in [0.1, 0.15) is 0 Å². The third-order valence-electron chi connectivity index (χ3n) is 3.36. The Labute approximate surface area is 97.3 Å². The molecule has 1 aliphatic rings. The molecule has 1 heterocycles. The molecule has 1 aromatic rings. The van der Waals surface area contributed by atoms with Crippen LogP contribution in [-0.4, -0.2) is 23.9 Å². The Bertz CT molecular complexity index is 310. The molecule has 0 aliphatic carbocycles. The summed E-state index contributed by atoms with van der Waals surface area (Å²) in [7, 11) is 0. The van der Waals surface area contributed by atoms with E-state index in [4.69, 9.17) is 4.74 Å².